The molecule has 0 amide bonds. The van der Waals surface area contributed by atoms with E-state index in [0.717, 1.165) is 67.6 Å². The number of rotatable bonds is 5. The van der Waals surface area contributed by atoms with Gasteiger partial charge in [0.1, 0.15) is 13.7 Å². The van der Waals surface area contributed by atoms with E-state index in [0.29, 0.717) is 5.02 Å². The molecule has 134 valence electrons. The van der Waals surface area contributed by atoms with Crippen LogP contribution in [0.3, 0.4) is 0 Å². The number of nitrogens with one attached hydrogen (secondary N) is 1. The Balaban J connectivity index is 1.61. The third kappa shape index (κ3) is 3.56. The van der Waals surface area contributed by atoms with E-state index in [1.807, 2.05) is 48.9 Å². The van der Waals surface area contributed by atoms with Crippen LogP contribution in [0.25, 0.3) is 16.9 Å². The number of nitrogens with zero attached hydrogens (tertiary/aromatic N) is 4. The number of morpholine rings is 1. The lowest BCUT2D eigenvalue weighted by molar-refractivity contribution is 0.0398. The van der Waals surface area contributed by atoms with Crippen LogP contribution in [-0.4, -0.2) is 66.7 Å². The van der Waals surface area contributed by atoms with E-state index in [4.69, 9.17) is 21.3 Å². The highest BCUT2D eigenvalue weighted by molar-refractivity contribution is 6.36. The van der Waals surface area contributed by atoms with Crippen LogP contribution in [0.2, 0.25) is 5.02 Å². The maximum atomic E-state index is 6.38. The molecule has 26 heavy (non-hydrogen) atoms. The molecule has 0 aliphatic carbocycles. The van der Waals surface area contributed by atoms with E-state index in [1.54, 1.807) is 0 Å². The lowest BCUT2D eigenvalue weighted by atomic mass is 10.0. The highest BCUT2D eigenvalue weighted by Crippen LogP contribution is 2.28. The molecule has 6 nitrogen and oxygen atoms in total. The smallest absolute Gasteiger partial charge is 0.151 e. The Morgan fingerprint density at radius 3 is 2.85 bits per heavy atom. The number of ether oxygens (including phenoxy) is 1. The van der Waals surface area contributed by atoms with Gasteiger partial charge in [-0.05, 0) is 11.5 Å². The second-order valence-corrected chi connectivity index (χ2v) is 6.86. The minimum absolute atomic E-state index is 0.695. The van der Waals surface area contributed by atoms with Crippen LogP contribution >= 0.6 is 11.6 Å². The Labute approximate surface area is 158 Å². The van der Waals surface area contributed by atoms with Gasteiger partial charge in [-0.25, -0.2) is 4.98 Å². The van der Waals surface area contributed by atoms with Crippen molar-refractivity contribution in [2.45, 2.75) is 0 Å². The fourth-order valence-corrected chi connectivity index (χ4v) is 3.40. The first-order valence-electron chi connectivity index (χ1n) is 8.86. The zero-order chi connectivity index (χ0) is 17.9. The van der Waals surface area contributed by atoms with Crippen molar-refractivity contribution in [2.75, 3.05) is 44.7 Å². The lowest BCUT2D eigenvalue weighted by Crippen LogP contribution is -2.39. The zero-order valence-corrected chi connectivity index (χ0v) is 15.5. The molecule has 1 fully saturated rings. The van der Waals surface area contributed by atoms with Crippen LogP contribution in [0.15, 0.2) is 36.5 Å². The Bertz CT molecular complexity index is 910. The van der Waals surface area contributed by atoms with Crippen molar-refractivity contribution in [2.24, 2.45) is 0 Å². The molecule has 3 aromatic rings. The maximum Gasteiger partial charge on any atom is 0.151 e. The molecule has 1 aliphatic heterocycles. The number of hydrogen-bond acceptors (Lipinski definition) is 5. The highest BCUT2D eigenvalue weighted by Gasteiger charge is 2.13. The number of halogens is 1. The number of benzene rings is 1. The average Bonchev–Trinajstić information content (AvgIpc) is 3.04. The van der Waals surface area contributed by atoms with Gasteiger partial charge in [0, 0.05) is 49.0 Å². The van der Waals surface area contributed by atoms with Crippen LogP contribution in [-0.2, 0) is 4.74 Å². The van der Waals surface area contributed by atoms with Gasteiger partial charge in [0.2, 0.25) is 0 Å². The molecule has 1 aromatic carbocycles. The molecule has 0 spiro atoms. The van der Waals surface area contributed by atoms with Crippen LogP contribution in [0.4, 0.5) is 5.82 Å². The summed E-state index contributed by atoms with van der Waals surface area (Å²) in [6.45, 7) is 5.40. The Hall–Kier alpha value is -2.09. The molecular weight excluding hydrogens is 348 g/mol. The second-order valence-electron chi connectivity index (χ2n) is 6.45. The van der Waals surface area contributed by atoms with Crippen molar-refractivity contribution in [3.05, 3.63) is 41.6 Å². The van der Waals surface area contributed by atoms with E-state index in [2.05, 4.69) is 15.3 Å². The first-order valence-corrected chi connectivity index (χ1v) is 9.24. The molecular formula is C18H21BClN5O. The van der Waals surface area contributed by atoms with Gasteiger partial charge in [-0.2, -0.15) is 9.61 Å². The van der Waals surface area contributed by atoms with E-state index < -0.39 is 0 Å². The summed E-state index contributed by atoms with van der Waals surface area (Å²) in [6.07, 6.45) is 1.84. The fraction of sp³-hybridized carbons (Fsp3) is 0.333. The molecule has 2 aromatic heterocycles. The van der Waals surface area contributed by atoms with Crippen molar-refractivity contribution in [1.29, 1.82) is 0 Å². The topological polar surface area (TPSA) is 54.7 Å². The first kappa shape index (κ1) is 17.3. The molecule has 1 aliphatic rings. The zero-order valence-electron chi connectivity index (χ0n) is 14.8. The summed E-state index contributed by atoms with van der Waals surface area (Å²) >= 11 is 6.38. The van der Waals surface area contributed by atoms with Gasteiger partial charge < -0.3 is 10.1 Å². The van der Waals surface area contributed by atoms with Gasteiger partial charge in [0.25, 0.3) is 0 Å². The van der Waals surface area contributed by atoms with Gasteiger partial charge in [0.15, 0.2) is 5.65 Å². The van der Waals surface area contributed by atoms with Crippen molar-refractivity contribution >= 4 is 36.4 Å². The van der Waals surface area contributed by atoms with E-state index in [9.17, 15) is 0 Å². The summed E-state index contributed by atoms with van der Waals surface area (Å²) in [4.78, 5) is 7.17. The minimum Gasteiger partial charge on any atom is -0.379 e. The molecule has 1 N–H and O–H groups in total. The molecule has 0 radical (unpaired) electrons. The fourth-order valence-electron chi connectivity index (χ4n) is 3.17. The normalized spacial score (nSPS) is 15.4. The molecule has 1 saturated heterocycles. The summed E-state index contributed by atoms with van der Waals surface area (Å²) < 4.78 is 7.26. The van der Waals surface area contributed by atoms with Gasteiger partial charge >= 0.3 is 0 Å². The van der Waals surface area contributed by atoms with Crippen molar-refractivity contribution in [3.63, 3.8) is 0 Å². The molecule has 0 bridgehead atoms. The van der Waals surface area contributed by atoms with E-state index in [-0.39, 0.29) is 0 Å². The summed E-state index contributed by atoms with van der Waals surface area (Å²) in [7, 11) is 2.02. The first-order chi connectivity index (χ1) is 12.7. The van der Waals surface area contributed by atoms with Crippen molar-refractivity contribution < 1.29 is 4.74 Å². The monoisotopic (exact) mass is 369 g/mol. The lowest BCUT2D eigenvalue weighted by Gasteiger charge is -2.26. The van der Waals surface area contributed by atoms with Crippen LogP contribution in [0, 0.1) is 0 Å². The molecule has 4 rings (SSSR count). The summed E-state index contributed by atoms with van der Waals surface area (Å²) in [5.41, 5.74) is 3.65. The average molecular weight is 370 g/mol. The van der Waals surface area contributed by atoms with Crippen molar-refractivity contribution in [3.8, 4) is 11.3 Å². The predicted octanol–water partition coefficient (Wildman–Crippen LogP) is 1.05. The summed E-state index contributed by atoms with van der Waals surface area (Å²) in [5.74, 6) is 0.922. The van der Waals surface area contributed by atoms with Gasteiger partial charge in [-0.3, -0.25) is 4.90 Å². The van der Waals surface area contributed by atoms with E-state index >= 15 is 0 Å². The third-order valence-electron chi connectivity index (χ3n) is 4.64. The Kier molecular flexibility index (Phi) is 5.10. The number of anilines is 1. The van der Waals surface area contributed by atoms with Crippen LogP contribution < -0.4 is 10.8 Å². The Morgan fingerprint density at radius 1 is 1.23 bits per heavy atom. The minimum atomic E-state index is 0.695. The number of aromatic nitrogens is 3. The Morgan fingerprint density at radius 2 is 2.04 bits per heavy atom. The van der Waals surface area contributed by atoms with Crippen molar-refractivity contribution in [1.82, 2.24) is 19.5 Å². The maximum absolute atomic E-state index is 6.38. The summed E-state index contributed by atoms with van der Waals surface area (Å²) in [5, 5.41) is 8.67. The standard InChI is InChI=1S/C18H21BClN5O/c19-14-12-22-25-17(21-5-6-24-7-9-26-10-8-24)11-16(23-18(14)25)13-3-1-2-4-15(13)20/h1-4,11-12,21H,5-10,19H2. The molecule has 3 heterocycles. The number of fused-ring (bicyclic) bond motifs is 1. The quantitative estimate of drug-likeness (QED) is 0.682. The largest absolute Gasteiger partial charge is 0.379 e. The highest BCUT2D eigenvalue weighted by atomic mass is 35.5. The predicted molar refractivity (Wildman–Crippen MR) is 107 cm³/mol. The molecule has 0 atom stereocenters. The SMILES string of the molecule is Bc1cnn2c(NCCN3CCOCC3)cc(-c3ccccc3Cl)nc12. The van der Waals surface area contributed by atoms with Crippen LogP contribution in [0.5, 0.6) is 0 Å². The molecule has 0 unspecified atom stereocenters. The van der Waals surface area contributed by atoms with E-state index in [1.165, 1.54) is 0 Å². The number of hydrogen-bond donors (Lipinski definition) is 1. The third-order valence-corrected chi connectivity index (χ3v) is 4.97. The molecule has 0 saturated carbocycles. The summed E-state index contributed by atoms with van der Waals surface area (Å²) in [6, 6.07) is 9.79. The molecule has 8 heteroatoms. The van der Waals surface area contributed by atoms with Gasteiger partial charge in [-0.1, -0.05) is 29.8 Å². The second kappa shape index (κ2) is 7.66. The van der Waals surface area contributed by atoms with Gasteiger partial charge in [-0.15, -0.1) is 0 Å². The van der Waals surface area contributed by atoms with Crippen LogP contribution in [0.1, 0.15) is 0 Å². The van der Waals surface area contributed by atoms with Gasteiger partial charge in [0.05, 0.1) is 18.9 Å².